The Kier molecular flexibility index (Phi) is 10.9. The van der Waals surface area contributed by atoms with Gasteiger partial charge in [-0.05, 0) is 66.7 Å². The number of phenols is 1. The molecule has 0 aromatic heterocycles. The van der Waals surface area contributed by atoms with Crippen LogP contribution in [-0.4, -0.2) is 5.11 Å². The second kappa shape index (κ2) is 13.7. The van der Waals surface area contributed by atoms with Gasteiger partial charge in [0.25, 0.3) is 0 Å². The number of phenolic OH excluding ortho intramolecular Hbond substituents is 1. The van der Waals surface area contributed by atoms with Crippen molar-refractivity contribution in [2.45, 2.75) is 20.0 Å². The monoisotopic (exact) mass is 547 g/mol. The SMILES string of the molecule is Cc1ccc(O)c(Pc2c(C)cccc2C[PH+](c2ccccc2)c2ccccc2)c1.[Cl][Ti][Cl]. The van der Waals surface area contributed by atoms with Gasteiger partial charge in [-0.2, -0.15) is 0 Å². The molecule has 0 heterocycles. The first-order valence-electron chi connectivity index (χ1n) is 10.6. The van der Waals surface area contributed by atoms with Crippen molar-refractivity contribution in [1.29, 1.82) is 0 Å². The summed E-state index contributed by atoms with van der Waals surface area (Å²) in [4.78, 5) is 0. The molecule has 4 aromatic rings. The minimum absolute atomic E-state index is 0.393. The molecule has 168 valence electrons. The molecule has 1 unspecified atom stereocenters. The van der Waals surface area contributed by atoms with Gasteiger partial charge in [0.2, 0.25) is 0 Å². The number of aryl methyl sites for hydroxylation is 2. The molecule has 0 saturated carbocycles. The quantitative estimate of drug-likeness (QED) is 0.219. The predicted molar refractivity (Wildman–Crippen MR) is 147 cm³/mol. The summed E-state index contributed by atoms with van der Waals surface area (Å²) in [7, 11) is 9.27. The minimum atomic E-state index is -0.958. The van der Waals surface area contributed by atoms with E-state index < -0.39 is 25.0 Å². The normalized spacial score (nSPS) is 10.8. The Balaban J connectivity index is 0.000000968. The van der Waals surface area contributed by atoms with Crippen LogP contribution in [0.1, 0.15) is 16.7 Å². The molecule has 1 N–H and O–H groups in total. The van der Waals surface area contributed by atoms with E-state index in [-0.39, 0.29) is 0 Å². The molecule has 0 radical (unpaired) electrons. The number of rotatable bonds is 6. The molecule has 0 fully saturated rings. The van der Waals surface area contributed by atoms with E-state index in [1.807, 2.05) is 12.1 Å². The van der Waals surface area contributed by atoms with Crippen molar-refractivity contribution in [2.75, 3.05) is 0 Å². The van der Waals surface area contributed by atoms with Crippen molar-refractivity contribution in [3.63, 3.8) is 0 Å². The molecule has 0 amide bonds. The van der Waals surface area contributed by atoms with Crippen molar-refractivity contribution in [2.24, 2.45) is 0 Å². The molecule has 6 heteroatoms. The molecular weight excluding hydrogens is 521 g/mol. The van der Waals surface area contributed by atoms with E-state index in [2.05, 4.69) is 98.8 Å². The van der Waals surface area contributed by atoms with E-state index in [0.717, 1.165) is 11.5 Å². The Morgan fingerprint density at radius 1 is 0.788 bits per heavy atom. The van der Waals surface area contributed by atoms with Gasteiger partial charge in [-0.25, -0.2) is 0 Å². The van der Waals surface area contributed by atoms with Gasteiger partial charge in [-0.1, -0.05) is 74.8 Å². The molecule has 4 rings (SSSR count). The summed E-state index contributed by atoms with van der Waals surface area (Å²) in [6.45, 7) is 4.27. The van der Waals surface area contributed by atoms with Crippen molar-refractivity contribution in [1.82, 2.24) is 0 Å². The summed E-state index contributed by atoms with van der Waals surface area (Å²) >= 11 is -0.556. The van der Waals surface area contributed by atoms with Crippen molar-refractivity contribution < 1.29 is 22.1 Å². The first-order chi connectivity index (χ1) is 16.0. The van der Waals surface area contributed by atoms with E-state index in [0.29, 0.717) is 14.3 Å². The standard InChI is InChI=1S/C27H26OP2.2ClH.Ti/c1-20-16-17-25(28)26(18-20)29-27-21(2)10-9-11-22(27)19-30(23-12-5-3-6-13-23)24-14-7-4-8-15-24;;;/h3-18,28-29H,19H2,1-2H3;2*1H;/q;;;+2/p-1. The fraction of sp³-hybridized carbons (Fsp3) is 0.111. The first kappa shape index (κ1) is 26.4. The van der Waals surface area contributed by atoms with Crippen LogP contribution in [0.25, 0.3) is 0 Å². The third-order valence-electron chi connectivity index (χ3n) is 5.38. The zero-order valence-electron chi connectivity index (χ0n) is 18.6. The van der Waals surface area contributed by atoms with E-state index in [1.54, 1.807) is 0 Å². The van der Waals surface area contributed by atoms with Gasteiger partial charge in [-0.15, -0.1) is 0 Å². The Morgan fingerprint density at radius 3 is 1.94 bits per heavy atom. The molecule has 4 aromatic carbocycles. The maximum absolute atomic E-state index is 10.4. The molecule has 1 atom stereocenters. The van der Waals surface area contributed by atoms with E-state index in [9.17, 15) is 5.11 Å². The van der Waals surface area contributed by atoms with Crippen molar-refractivity contribution >= 4 is 56.3 Å². The third-order valence-corrected chi connectivity index (χ3v) is 9.81. The molecule has 0 spiro atoms. The van der Waals surface area contributed by atoms with Gasteiger partial charge in [0.15, 0.2) is 0 Å². The number of hydrogen-bond donors (Lipinski definition) is 1. The summed E-state index contributed by atoms with van der Waals surface area (Å²) < 4.78 is 0. The van der Waals surface area contributed by atoms with Crippen LogP contribution in [0, 0.1) is 13.8 Å². The topological polar surface area (TPSA) is 20.2 Å². The summed E-state index contributed by atoms with van der Waals surface area (Å²) in [6, 6.07) is 34.4. The molecule has 0 aliphatic carbocycles. The maximum atomic E-state index is 10.4. The molecule has 0 saturated heterocycles. The average molecular weight is 548 g/mol. The van der Waals surface area contributed by atoms with Crippen LogP contribution in [0.2, 0.25) is 0 Å². The Labute approximate surface area is 216 Å². The van der Waals surface area contributed by atoms with E-state index in [4.69, 9.17) is 18.6 Å². The Morgan fingerprint density at radius 2 is 1.36 bits per heavy atom. The van der Waals surface area contributed by atoms with Crippen LogP contribution < -0.4 is 21.2 Å². The van der Waals surface area contributed by atoms with Gasteiger partial charge in [0.05, 0.1) is 24.7 Å². The molecule has 0 bridgehead atoms. The van der Waals surface area contributed by atoms with Gasteiger partial charge in [0.1, 0.15) is 5.75 Å². The van der Waals surface area contributed by atoms with Crippen LogP contribution in [0.5, 0.6) is 5.75 Å². The van der Waals surface area contributed by atoms with Crippen LogP contribution in [-0.2, 0) is 23.2 Å². The van der Waals surface area contributed by atoms with Gasteiger partial charge >= 0.3 is 35.6 Å². The predicted octanol–water partition coefficient (Wildman–Crippen LogP) is 6.38. The fourth-order valence-corrected chi connectivity index (χ4v) is 7.96. The molecule has 0 aliphatic rings. The first-order valence-corrected chi connectivity index (χ1v) is 17.6. The van der Waals surface area contributed by atoms with Crippen molar-refractivity contribution in [3.05, 3.63) is 114 Å². The van der Waals surface area contributed by atoms with E-state index >= 15 is 0 Å². The summed E-state index contributed by atoms with van der Waals surface area (Å²) in [5, 5.41) is 15.7. The van der Waals surface area contributed by atoms with Crippen LogP contribution in [0.4, 0.5) is 0 Å². The molecule has 33 heavy (non-hydrogen) atoms. The number of aromatic hydroxyl groups is 1. The zero-order valence-corrected chi connectivity index (χ0v) is 23.7. The second-order valence-corrected chi connectivity index (χ2v) is 14.0. The summed E-state index contributed by atoms with van der Waals surface area (Å²) in [5.74, 6) is 0.393. The Hall–Kier alpha value is -1.17. The van der Waals surface area contributed by atoms with Crippen LogP contribution >= 0.6 is 35.1 Å². The zero-order chi connectivity index (χ0) is 23.6. The van der Waals surface area contributed by atoms with Gasteiger partial charge in [-0.3, -0.25) is 0 Å². The Bertz CT molecular complexity index is 1120. The molecule has 1 nitrogen and oxygen atoms in total. The molecular formula is C27H27Cl2OP2Ti+. The average Bonchev–Trinajstić information content (AvgIpc) is 2.83. The number of benzene rings is 4. The summed E-state index contributed by atoms with van der Waals surface area (Å²) in [6.07, 6.45) is 1.04. The second-order valence-electron chi connectivity index (χ2n) is 7.71. The van der Waals surface area contributed by atoms with E-state index in [1.165, 1.54) is 32.6 Å². The summed E-state index contributed by atoms with van der Waals surface area (Å²) in [5.41, 5.74) is 3.88. The van der Waals surface area contributed by atoms with Crippen LogP contribution in [0.15, 0.2) is 97.1 Å². The third kappa shape index (κ3) is 7.66. The molecule has 0 aliphatic heterocycles. The fourth-order valence-electron chi connectivity index (χ4n) is 3.78. The van der Waals surface area contributed by atoms with Gasteiger partial charge in [0, 0.05) is 5.30 Å². The van der Waals surface area contributed by atoms with Gasteiger partial charge < -0.3 is 5.11 Å². The van der Waals surface area contributed by atoms with Crippen molar-refractivity contribution in [3.8, 4) is 5.75 Å². The van der Waals surface area contributed by atoms with Crippen LogP contribution in [0.3, 0.4) is 0 Å². The number of halogens is 2. The number of hydrogen-bond acceptors (Lipinski definition) is 1.